The Kier molecular flexibility index (Phi) is 7.11. The molecule has 1 fully saturated rings. The molecule has 9 nitrogen and oxygen atoms in total. The van der Waals surface area contributed by atoms with Gasteiger partial charge in [0.2, 0.25) is 5.95 Å². The van der Waals surface area contributed by atoms with Crippen LogP contribution in [-0.2, 0) is 4.79 Å². The number of nitrogens with zero attached hydrogens (tertiary/aromatic N) is 4. The second kappa shape index (κ2) is 10.6. The molecule has 9 heteroatoms. The van der Waals surface area contributed by atoms with Crippen LogP contribution in [0.2, 0.25) is 0 Å². The quantitative estimate of drug-likeness (QED) is 0.359. The third-order valence-electron chi connectivity index (χ3n) is 5.34. The molecule has 0 atom stereocenters. The number of rotatable bonds is 8. The molecule has 0 amide bonds. The Morgan fingerprint density at radius 1 is 1.18 bits per heavy atom. The van der Waals surface area contributed by atoms with Gasteiger partial charge >= 0.3 is 0 Å². The van der Waals surface area contributed by atoms with Gasteiger partial charge in [-0.2, -0.15) is 4.98 Å². The molecule has 1 aromatic heterocycles. The molecule has 3 N–H and O–H groups in total. The molecule has 0 radical (unpaired) electrons. The molecular formula is C24H27N7O2. The molecule has 1 aliphatic rings. The minimum Gasteiger partial charge on any atom is -0.494 e. The second-order valence-corrected chi connectivity index (χ2v) is 7.41. The van der Waals surface area contributed by atoms with Crippen molar-refractivity contribution >= 4 is 40.8 Å². The zero-order valence-corrected chi connectivity index (χ0v) is 18.7. The maximum absolute atomic E-state index is 11.6. The highest BCUT2D eigenvalue weighted by Gasteiger charge is 2.14. The zero-order valence-electron chi connectivity index (χ0n) is 18.7. The number of aromatic nitrogens is 2. The highest BCUT2D eigenvalue weighted by atomic mass is 16.5. The van der Waals surface area contributed by atoms with E-state index in [0.717, 1.165) is 49.4 Å². The van der Waals surface area contributed by atoms with Gasteiger partial charge in [-0.05, 0) is 12.1 Å². The first-order valence-electron chi connectivity index (χ1n) is 10.8. The molecule has 4 rings (SSSR count). The van der Waals surface area contributed by atoms with Crippen LogP contribution in [0.3, 0.4) is 0 Å². The molecule has 170 valence electrons. The van der Waals surface area contributed by atoms with Crippen molar-refractivity contribution < 1.29 is 9.53 Å². The summed E-state index contributed by atoms with van der Waals surface area (Å²) in [5.74, 6) is 1.59. The van der Waals surface area contributed by atoms with E-state index in [1.165, 1.54) is 0 Å². The third kappa shape index (κ3) is 5.27. The van der Waals surface area contributed by atoms with E-state index in [1.807, 2.05) is 42.5 Å². The molecule has 0 saturated carbocycles. The van der Waals surface area contributed by atoms with Gasteiger partial charge < -0.3 is 25.6 Å². The number of aliphatic imine (C=N–C) groups is 1. The van der Waals surface area contributed by atoms with Gasteiger partial charge in [-0.3, -0.25) is 4.79 Å². The van der Waals surface area contributed by atoms with Crippen LogP contribution in [0, 0.1) is 0 Å². The van der Waals surface area contributed by atoms with Crippen LogP contribution in [0.4, 0.5) is 28.8 Å². The van der Waals surface area contributed by atoms with Crippen molar-refractivity contribution in [1.82, 2.24) is 15.3 Å². The molecule has 2 heterocycles. The van der Waals surface area contributed by atoms with Crippen molar-refractivity contribution in [2.24, 2.45) is 4.99 Å². The fraction of sp³-hybridized carbons (Fsp3) is 0.250. The zero-order chi connectivity index (χ0) is 23.0. The molecule has 33 heavy (non-hydrogen) atoms. The molecular weight excluding hydrogens is 418 g/mol. The maximum atomic E-state index is 11.6. The number of hydrogen-bond donors (Lipinski definition) is 3. The summed E-state index contributed by atoms with van der Waals surface area (Å²) in [6, 6.07) is 15.3. The highest BCUT2D eigenvalue weighted by Crippen LogP contribution is 2.32. The number of benzene rings is 2. The summed E-state index contributed by atoms with van der Waals surface area (Å²) in [4.78, 5) is 27.3. The second-order valence-electron chi connectivity index (χ2n) is 7.41. The summed E-state index contributed by atoms with van der Waals surface area (Å²) in [6.45, 7) is 3.85. The summed E-state index contributed by atoms with van der Waals surface area (Å²) in [7, 11) is 3.39. The molecule has 1 saturated heterocycles. The van der Waals surface area contributed by atoms with E-state index in [1.54, 1.807) is 20.4 Å². The average molecular weight is 446 g/mol. The Labute approximate surface area is 192 Å². The van der Waals surface area contributed by atoms with Crippen LogP contribution in [0.25, 0.3) is 0 Å². The monoisotopic (exact) mass is 445 g/mol. The van der Waals surface area contributed by atoms with Crippen LogP contribution in [0.15, 0.2) is 59.7 Å². The fourth-order valence-corrected chi connectivity index (χ4v) is 3.62. The maximum Gasteiger partial charge on any atom is 0.229 e. The Morgan fingerprint density at radius 2 is 1.97 bits per heavy atom. The topological polar surface area (TPSA) is 104 Å². The van der Waals surface area contributed by atoms with Crippen molar-refractivity contribution in [3.63, 3.8) is 0 Å². The third-order valence-corrected chi connectivity index (χ3v) is 5.34. The number of carbonyl (C=O) groups is 1. The first kappa shape index (κ1) is 22.2. The number of carbonyl (C=O) groups excluding carboxylic acids is 1. The van der Waals surface area contributed by atoms with Gasteiger partial charge in [0.25, 0.3) is 0 Å². The Bertz CT molecular complexity index is 1130. The normalized spacial score (nSPS) is 14.0. The molecule has 0 aliphatic carbocycles. The molecule has 3 aromatic rings. The Hall–Kier alpha value is -3.98. The predicted octanol–water partition coefficient (Wildman–Crippen LogP) is 3.00. The summed E-state index contributed by atoms with van der Waals surface area (Å²) in [5, 5.41) is 9.60. The van der Waals surface area contributed by atoms with Crippen LogP contribution in [0.5, 0.6) is 5.75 Å². The fourth-order valence-electron chi connectivity index (χ4n) is 3.62. The van der Waals surface area contributed by atoms with E-state index in [-0.39, 0.29) is 0 Å². The van der Waals surface area contributed by atoms with Crippen molar-refractivity contribution in [3.8, 4) is 5.75 Å². The number of anilines is 4. The Morgan fingerprint density at radius 3 is 2.67 bits per heavy atom. The number of hydrogen-bond acceptors (Lipinski definition) is 9. The largest absolute Gasteiger partial charge is 0.494 e. The SMILES string of the molecule is CNc1nc(Nc2ccc(N3CCNCC3)cc2OC)ncc1/N=C(\C=O)c1ccccc1. The average Bonchev–Trinajstić information content (AvgIpc) is 2.89. The van der Waals surface area contributed by atoms with Crippen LogP contribution < -0.4 is 25.6 Å². The van der Waals surface area contributed by atoms with E-state index in [0.29, 0.717) is 28.9 Å². The van der Waals surface area contributed by atoms with Gasteiger partial charge in [0.05, 0.1) is 19.0 Å². The standard InChI is InChI=1S/C24H27N7O2/c1-25-23-20(28-21(16-32)17-6-4-3-5-7-17)15-27-24(30-23)29-19-9-8-18(14-22(19)33-2)31-12-10-26-11-13-31/h3-9,14-16,26H,10-13H2,1-2H3,(H2,25,27,29,30)/b28-21+. The number of methoxy groups -OCH3 is 1. The minimum atomic E-state index is 0.307. The minimum absolute atomic E-state index is 0.307. The molecule has 0 spiro atoms. The van der Waals surface area contributed by atoms with Crippen molar-refractivity contribution in [3.05, 3.63) is 60.3 Å². The molecule has 2 aromatic carbocycles. The summed E-state index contributed by atoms with van der Waals surface area (Å²) in [5.41, 5.74) is 3.37. The first-order valence-corrected chi connectivity index (χ1v) is 10.8. The van der Waals surface area contributed by atoms with Gasteiger partial charge in [0, 0.05) is 50.5 Å². The van der Waals surface area contributed by atoms with E-state index in [2.05, 4.69) is 41.9 Å². The molecule has 1 aliphatic heterocycles. The van der Waals surface area contributed by atoms with E-state index in [9.17, 15) is 4.79 Å². The van der Waals surface area contributed by atoms with Crippen LogP contribution in [0.1, 0.15) is 5.56 Å². The van der Waals surface area contributed by atoms with Gasteiger partial charge in [0.1, 0.15) is 17.1 Å². The van der Waals surface area contributed by atoms with Crippen molar-refractivity contribution in [1.29, 1.82) is 0 Å². The predicted molar refractivity (Wildman–Crippen MR) is 132 cm³/mol. The Balaban J connectivity index is 1.58. The van der Waals surface area contributed by atoms with E-state index >= 15 is 0 Å². The molecule has 0 bridgehead atoms. The first-order chi connectivity index (χ1) is 16.2. The molecule has 0 unspecified atom stereocenters. The van der Waals surface area contributed by atoms with Crippen molar-refractivity contribution in [2.45, 2.75) is 0 Å². The van der Waals surface area contributed by atoms with Gasteiger partial charge in [0.15, 0.2) is 12.1 Å². The lowest BCUT2D eigenvalue weighted by molar-refractivity contribution is -0.102. The number of ether oxygens (including phenoxy) is 1. The van der Waals surface area contributed by atoms with Gasteiger partial charge in [-0.25, -0.2) is 9.98 Å². The smallest absolute Gasteiger partial charge is 0.229 e. The van der Waals surface area contributed by atoms with Gasteiger partial charge in [-0.15, -0.1) is 0 Å². The van der Waals surface area contributed by atoms with Crippen molar-refractivity contribution in [2.75, 3.05) is 55.9 Å². The number of aldehydes is 1. The highest BCUT2D eigenvalue weighted by molar-refractivity contribution is 6.36. The lowest BCUT2D eigenvalue weighted by atomic mass is 10.1. The number of piperazine rings is 1. The van der Waals surface area contributed by atoms with E-state index in [4.69, 9.17) is 4.74 Å². The summed E-state index contributed by atoms with van der Waals surface area (Å²) < 4.78 is 5.61. The van der Waals surface area contributed by atoms with Crippen LogP contribution >= 0.6 is 0 Å². The number of nitrogens with one attached hydrogen (secondary N) is 3. The van der Waals surface area contributed by atoms with Gasteiger partial charge in [-0.1, -0.05) is 30.3 Å². The van der Waals surface area contributed by atoms with Crippen LogP contribution in [-0.4, -0.2) is 62.3 Å². The summed E-state index contributed by atoms with van der Waals surface area (Å²) >= 11 is 0. The lowest BCUT2D eigenvalue weighted by Gasteiger charge is -2.30. The van der Waals surface area contributed by atoms with E-state index < -0.39 is 0 Å². The lowest BCUT2D eigenvalue weighted by Crippen LogP contribution is -2.43. The summed E-state index contributed by atoms with van der Waals surface area (Å²) in [6.07, 6.45) is 2.31.